The second-order valence-electron chi connectivity index (χ2n) is 8.48. The molecule has 2 fully saturated rings. The Kier molecular flexibility index (Phi) is 6.77. The number of anilines is 2. The highest BCUT2D eigenvalue weighted by Crippen LogP contribution is 2.32. The van der Waals surface area contributed by atoms with Gasteiger partial charge in [0, 0.05) is 52.1 Å². The van der Waals surface area contributed by atoms with Crippen LogP contribution in [0.3, 0.4) is 0 Å². The molecular formula is C21H30N6O4S. The number of rotatable bonds is 5. The van der Waals surface area contributed by atoms with Crippen molar-refractivity contribution in [2.24, 2.45) is 5.10 Å². The molecule has 3 heterocycles. The zero-order valence-electron chi connectivity index (χ0n) is 18.3. The van der Waals surface area contributed by atoms with E-state index in [2.05, 4.69) is 32.7 Å². The highest BCUT2D eigenvalue weighted by molar-refractivity contribution is 7.89. The van der Waals surface area contributed by atoms with Crippen LogP contribution in [-0.2, 0) is 19.6 Å². The molecule has 32 heavy (non-hydrogen) atoms. The first-order valence-corrected chi connectivity index (χ1v) is 12.5. The minimum atomic E-state index is -3.64. The molecule has 1 aromatic carbocycles. The Bertz CT molecular complexity index is 1010. The molecule has 0 aromatic heterocycles. The van der Waals surface area contributed by atoms with Gasteiger partial charge in [-0.2, -0.15) is 9.41 Å². The van der Waals surface area contributed by atoms with Crippen LogP contribution >= 0.6 is 0 Å². The standard InChI is InChI=1S/C21H30N6O4S/c1-25-11-13-26(14-12-25)19-7-5-16(32(30,31)27-9-3-2-4-10-27)15-18(19)22-21(29)17-6-8-20(28)24-23-17/h5,7,15H,2-4,6,8-14H2,1H3,(H,22,29)(H,24,28). The van der Waals surface area contributed by atoms with E-state index in [9.17, 15) is 18.0 Å². The summed E-state index contributed by atoms with van der Waals surface area (Å²) in [5.41, 5.74) is 3.77. The van der Waals surface area contributed by atoms with Gasteiger partial charge in [-0.05, 0) is 38.1 Å². The second-order valence-corrected chi connectivity index (χ2v) is 10.4. The largest absolute Gasteiger partial charge is 0.367 e. The van der Waals surface area contributed by atoms with Crippen molar-refractivity contribution in [1.82, 2.24) is 14.6 Å². The third-order valence-corrected chi connectivity index (χ3v) is 8.07. The molecule has 0 aliphatic carbocycles. The summed E-state index contributed by atoms with van der Waals surface area (Å²) in [6.07, 6.45) is 3.18. The monoisotopic (exact) mass is 462 g/mol. The minimum absolute atomic E-state index is 0.173. The first-order valence-electron chi connectivity index (χ1n) is 11.1. The molecule has 1 aromatic rings. The van der Waals surface area contributed by atoms with E-state index in [0.29, 0.717) is 18.8 Å². The fraction of sp³-hybridized carbons (Fsp3) is 0.571. The maximum absolute atomic E-state index is 13.2. The first-order chi connectivity index (χ1) is 15.3. The van der Waals surface area contributed by atoms with Gasteiger partial charge in [0.05, 0.1) is 16.3 Å². The SMILES string of the molecule is CN1CCN(c2ccc(S(=O)(=O)N3CCCCC3)cc2NC(=O)C2=NNC(=O)CC2)CC1. The number of carbonyl (C=O) groups is 2. The number of carbonyl (C=O) groups excluding carboxylic acids is 2. The van der Waals surface area contributed by atoms with Crippen molar-refractivity contribution < 1.29 is 18.0 Å². The van der Waals surface area contributed by atoms with Gasteiger partial charge in [0.2, 0.25) is 15.9 Å². The first kappa shape index (κ1) is 22.7. The Labute approximate surface area is 188 Å². The summed E-state index contributed by atoms with van der Waals surface area (Å²) in [6.45, 7) is 4.32. The third-order valence-electron chi connectivity index (χ3n) is 6.18. The summed E-state index contributed by atoms with van der Waals surface area (Å²) >= 11 is 0. The van der Waals surface area contributed by atoms with Crippen molar-refractivity contribution in [1.29, 1.82) is 0 Å². The molecular weight excluding hydrogens is 432 g/mol. The summed E-state index contributed by atoms with van der Waals surface area (Å²) < 4.78 is 28.0. The van der Waals surface area contributed by atoms with Crippen LogP contribution in [0.25, 0.3) is 0 Å². The van der Waals surface area contributed by atoms with Crippen LogP contribution in [0, 0.1) is 0 Å². The third kappa shape index (κ3) is 4.94. The molecule has 174 valence electrons. The molecule has 2 saturated heterocycles. The molecule has 2 amide bonds. The Morgan fingerprint density at radius 3 is 2.41 bits per heavy atom. The molecule has 0 atom stereocenters. The average molecular weight is 463 g/mol. The lowest BCUT2D eigenvalue weighted by molar-refractivity contribution is -0.121. The van der Waals surface area contributed by atoms with E-state index < -0.39 is 15.9 Å². The van der Waals surface area contributed by atoms with Crippen LogP contribution in [0.4, 0.5) is 11.4 Å². The summed E-state index contributed by atoms with van der Waals surface area (Å²) in [7, 11) is -1.58. The van der Waals surface area contributed by atoms with E-state index in [1.807, 2.05) is 0 Å². The van der Waals surface area contributed by atoms with E-state index >= 15 is 0 Å². The Balaban J connectivity index is 1.64. The van der Waals surface area contributed by atoms with Crippen LogP contribution in [-0.4, -0.2) is 81.5 Å². The second kappa shape index (κ2) is 9.55. The van der Waals surface area contributed by atoms with Crippen LogP contribution in [0.1, 0.15) is 32.1 Å². The summed E-state index contributed by atoms with van der Waals surface area (Å²) in [5, 5.41) is 6.72. The zero-order valence-corrected chi connectivity index (χ0v) is 19.2. The van der Waals surface area contributed by atoms with Crippen molar-refractivity contribution >= 4 is 38.9 Å². The number of hydrazone groups is 1. The number of sulfonamides is 1. The number of benzene rings is 1. The molecule has 4 rings (SSSR count). The molecule has 0 spiro atoms. The lowest BCUT2D eigenvalue weighted by Crippen LogP contribution is -2.45. The lowest BCUT2D eigenvalue weighted by atomic mass is 10.1. The van der Waals surface area contributed by atoms with Gasteiger partial charge in [-0.15, -0.1) is 0 Å². The topological polar surface area (TPSA) is 114 Å². The van der Waals surface area contributed by atoms with Gasteiger partial charge in [0.15, 0.2) is 0 Å². The number of nitrogens with zero attached hydrogens (tertiary/aromatic N) is 4. The Morgan fingerprint density at radius 2 is 1.75 bits per heavy atom. The van der Waals surface area contributed by atoms with Crippen LogP contribution in [0.2, 0.25) is 0 Å². The van der Waals surface area contributed by atoms with E-state index in [4.69, 9.17) is 0 Å². The van der Waals surface area contributed by atoms with Gasteiger partial charge in [-0.1, -0.05) is 6.42 Å². The van der Waals surface area contributed by atoms with Crippen LogP contribution < -0.4 is 15.6 Å². The maximum Gasteiger partial charge on any atom is 0.271 e. The van der Waals surface area contributed by atoms with Gasteiger partial charge >= 0.3 is 0 Å². The molecule has 11 heteroatoms. The van der Waals surface area contributed by atoms with E-state index in [0.717, 1.165) is 51.1 Å². The molecule has 0 radical (unpaired) electrons. The number of likely N-dealkylation sites (N-methyl/N-ethyl adjacent to an activating group) is 1. The lowest BCUT2D eigenvalue weighted by Gasteiger charge is -2.35. The summed E-state index contributed by atoms with van der Waals surface area (Å²) in [4.78, 5) is 28.7. The normalized spacial score (nSPS) is 21.1. The number of piperidine rings is 1. The van der Waals surface area contributed by atoms with Crippen molar-refractivity contribution in [3.63, 3.8) is 0 Å². The summed E-state index contributed by atoms with van der Waals surface area (Å²) in [6, 6.07) is 4.96. The van der Waals surface area contributed by atoms with Crippen molar-refractivity contribution in [3.8, 4) is 0 Å². The predicted molar refractivity (Wildman–Crippen MR) is 122 cm³/mol. The highest BCUT2D eigenvalue weighted by Gasteiger charge is 2.28. The van der Waals surface area contributed by atoms with E-state index in [1.54, 1.807) is 18.2 Å². The molecule has 3 aliphatic heterocycles. The molecule has 2 N–H and O–H groups in total. The number of hydrogen-bond donors (Lipinski definition) is 2. The number of piperazine rings is 1. The quantitative estimate of drug-likeness (QED) is 0.670. The van der Waals surface area contributed by atoms with Crippen molar-refractivity contribution in [2.75, 3.05) is 56.5 Å². The number of amides is 2. The van der Waals surface area contributed by atoms with Crippen LogP contribution in [0.15, 0.2) is 28.2 Å². The fourth-order valence-corrected chi connectivity index (χ4v) is 5.73. The number of hydrogen-bond acceptors (Lipinski definition) is 7. The Hall–Kier alpha value is -2.50. The van der Waals surface area contributed by atoms with E-state index in [-0.39, 0.29) is 29.4 Å². The average Bonchev–Trinajstić information content (AvgIpc) is 2.80. The van der Waals surface area contributed by atoms with Crippen molar-refractivity contribution in [3.05, 3.63) is 18.2 Å². The van der Waals surface area contributed by atoms with Gasteiger partial charge in [0.1, 0.15) is 5.71 Å². The van der Waals surface area contributed by atoms with Gasteiger partial charge in [-0.25, -0.2) is 13.8 Å². The molecule has 0 bridgehead atoms. The van der Waals surface area contributed by atoms with Crippen LogP contribution in [0.5, 0.6) is 0 Å². The fourth-order valence-electron chi connectivity index (χ4n) is 4.19. The molecule has 0 saturated carbocycles. The molecule has 3 aliphatic rings. The van der Waals surface area contributed by atoms with E-state index in [1.165, 1.54) is 4.31 Å². The van der Waals surface area contributed by atoms with Gasteiger partial charge < -0.3 is 15.1 Å². The predicted octanol–water partition coefficient (Wildman–Crippen LogP) is 0.818. The highest BCUT2D eigenvalue weighted by atomic mass is 32.2. The van der Waals surface area contributed by atoms with Crippen molar-refractivity contribution in [2.45, 2.75) is 37.0 Å². The number of nitrogens with one attached hydrogen (secondary N) is 2. The molecule has 0 unspecified atom stereocenters. The Morgan fingerprint density at radius 1 is 1.03 bits per heavy atom. The maximum atomic E-state index is 13.2. The minimum Gasteiger partial charge on any atom is -0.367 e. The molecule has 10 nitrogen and oxygen atoms in total. The zero-order chi connectivity index (χ0) is 22.7. The smallest absolute Gasteiger partial charge is 0.271 e. The summed E-state index contributed by atoms with van der Waals surface area (Å²) in [5.74, 6) is -0.665. The van der Waals surface area contributed by atoms with Gasteiger partial charge in [0.25, 0.3) is 5.91 Å². The van der Waals surface area contributed by atoms with Gasteiger partial charge in [-0.3, -0.25) is 9.59 Å².